The maximum absolute atomic E-state index is 12.4. The molecule has 1 aliphatic carbocycles. The van der Waals surface area contributed by atoms with Gasteiger partial charge in [0.25, 0.3) is 0 Å². The van der Waals surface area contributed by atoms with E-state index in [1.54, 1.807) is 14.0 Å². The van der Waals surface area contributed by atoms with Crippen molar-refractivity contribution in [2.45, 2.75) is 56.4 Å². The van der Waals surface area contributed by atoms with Gasteiger partial charge in [-0.2, -0.15) is 5.10 Å². The maximum Gasteiger partial charge on any atom is 0.245 e. The van der Waals surface area contributed by atoms with E-state index in [1.807, 2.05) is 0 Å². The molecule has 1 aromatic rings. The predicted molar refractivity (Wildman–Crippen MR) is 74.8 cm³/mol. The van der Waals surface area contributed by atoms with Gasteiger partial charge in [-0.25, -0.2) is 13.1 Å². The van der Waals surface area contributed by atoms with E-state index in [1.165, 1.54) is 17.5 Å². The highest BCUT2D eigenvalue weighted by atomic mass is 35.5. The van der Waals surface area contributed by atoms with Gasteiger partial charge in [0.1, 0.15) is 10.0 Å². The molecule has 1 heterocycles. The van der Waals surface area contributed by atoms with E-state index >= 15 is 0 Å². The van der Waals surface area contributed by atoms with Crippen molar-refractivity contribution in [3.8, 4) is 0 Å². The topological polar surface area (TPSA) is 64.0 Å². The molecule has 1 saturated carbocycles. The quantitative estimate of drug-likeness (QED) is 0.872. The Balaban J connectivity index is 2.22. The van der Waals surface area contributed by atoms with Crippen LogP contribution in [0.25, 0.3) is 0 Å². The summed E-state index contributed by atoms with van der Waals surface area (Å²) in [7, 11) is -1.94. The summed E-state index contributed by atoms with van der Waals surface area (Å²) in [5.41, 5.74) is 0.439. The first-order valence-corrected chi connectivity index (χ1v) is 8.49. The lowest BCUT2D eigenvalue weighted by molar-refractivity contribution is 0.509. The molecule has 0 bridgehead atoms. The van der Waals surface area contributed by atoms with E-state index in [4.69, 9.17) is 11.6 Å². The van der Waals surface area contributed by atoms with E-state index < -0.39 is 10.0 Å². The number of hydrogen-bond donors (Lipinski definition) is 1. The minimum Gasteiger partial charge on any atom is -0.255 e. The Hall–Kier alpha value is -0.590. The van der Waals surface area contributed by atoms with E-state index in [0.717, 1.165) is 25.7 Å². The van der Waals surface area contributed by atoms with Gasteiger partial charge < -0.3 is 0 Å². The van der Waals surface area contributed by atoms with Gasteiger partial charge in [0.05, 0.1) is 5.69 Å². The van der Waals surface area contributed by atoms with Crippen LogP contribution in [0.2, 0.25) is 5.15 Å². The van der Waals surface area contributed by atoms with Gasteiger partial charge >= 0.3 is 0 Å². The van der Waals surface area contributed by atoms with Crippen molar-refractivity contribution in [3.05, 3.63) is 10.8 Å². The van der Waals surface area contributed by atoms with E-state index in [2.05, 4.69) is 9.82 Å². The van der Waals surface area contributed by atoms with Crippen molar-refractivity contribution in [1.29, 1.82) is 0 Å². The maximum atomic E-state index is 12.4. The molecule has 0 saturated heterocycles. The van der Waals surface area contributed by atoms with Crippen LogP contribution in [0.1, 0.15) is 44.2 Å². The Morgan fingerprint density at radius 3 is 2.32 bits per heavy atom. The Labute approximate surface area is 119 Å². The summed E-state index contributed by atoms with van der Waals surface area (Å²) in [5.74, 6) is 0. The molecule has 0 unspecified atom stereocenters. The van der Waals surface area contributed by atoms with Gasteiger partial charge in [-0.1, -0.05) is 37.3 Å². The summed E-state index contributed by atoms with van der Waals surface area (Å²) in [6.07, 6.45) is 6.32. The molecule has 5 nitrogen and oxygen atoms in total. The molecular weight excluding hydrogens is 286 g/mol. The number of hydrogen-bond acceptors (Lipinski definition) is 3. The third-order valence-corrected chi connectivity index (χ3v) is 5.76. The van der Waals surface area contributed by atoms with E-state index in [9.17, 15) is 8.42 Å². The fourth-order valence-electron chi connectivity index (χ4n) is 2.59. The van der Waals surface area contributed by atoms with Crippen LogP contribution in [0, 0.1) is 6.92 Å². The number of halogens is 1. The fourth-order valence-corrected chi connectivity index (χ4v) is 4.65. The first-order valence-electron chi connectivity index (χ1n) is 6.63. The number of rotatable bonds is 3. The van der Waals surface area contributed by atoms with Crippen molar-refractivity contribution in [1.82, 2.24) is 14.5 Å². The molecule has 108 valence electrons. The molecule has 0 spiro atoms. The predicted octanol–water partition coefficient (Wildman–Crippen LogP) is 2.38. The van der Waals surface area contributed by atoms with E-state index in [0.29, 0.717) is 5.69 Å². The zero-order chi connectivity index (χ0) is 14.0. The molecule has 0 aliphatic heterocycles. The van der Waals surface area contributed by atoms with Crippen LogP contribution < -0.4 is 4.72 Å². The first-order chi connectivity index (χ1) is 8.92. The van der Waals surface area contributed by atoms with Gasteiger partial charge in [0, 0.05) is 13.1 Å². The number of aryl methyl sites for hydroxylation is 2. The lowest BCUT2D eigenvalue weighted by Crippen LogP contribution is -2.34. The van der Waals surface area contributed by atoms with Gasteiger partial charge in [0.2, 0.25) is 10.0 Å². The molecule has 1 aliphatic rings. The van der Waals surface area contributed by atoms with Gasteiger partial charge in [-0.05, 0) is 19.8 Å². The fraction of sp³-hybridized carbons (Fsp3) is 0.750. The first kappa shape index (κ1) is 14.8. The van der Waals surface area contributed by atoms with Gasteiger partial charge in [-0.3, -0.25) is 4.68 Å². The molecule has 19 heavy (non-hydrogen) atoms. The number of sulfonamides is 1. The molecule has 0 radical (unpaired) electrons. The van der Waals surface area contributed by atoms with Crippen LogP contribution in [0.15, 0.2) is 4.90 Å². The summed E-state index contributed by atoms with van der Waals surface area (Å²) in [6.45, 7) is 1.66. The van der Waals surface area contributed by atoms with Gasteiger partial charge in [0.15, 0.2) is 0 Å². The average molecular weight is 306 g/mol. The van der Waals surface area contributed by atoms with Crippen LogP contribution in [-0.2, 0) is 17.1 Å². The summed E-state index contributed by atoms with van der Waals surface area (Å²) >= 11 is 6.03. The molecule has 1 aromatic heterocycles. The molecule has 7 heteroatoms. The molecule has 2 rings (SSSR count). The zero-order valence-corrected chi connectivity index (χ0v) is 12.9. The summed E-state index contributed by atoms with van der Waals surface area (Å²) in [5, 5.41) is 4.22. The zero-order valence-electron chi connectivity index (χ0n) is 11.3. The number of nitrogens with zero attached hydrogens (tertiary/aromatic N) is 2. The average Bonchev–Trinajstić information content (AvgIpc) is 2.52. The van der Waals surface area contributed by atoms with Crippen LogP contribution in [0.5, 0.6) is 0 Å². The van der Waals surface area contributed by atoms with Crippen LogP contribution in [0.4, 0.5) is 0 Å². The van der Waals surface area contributed by atoms with Crippen LogP contribution in [0.3, 0.4) is 0 Å². The SMILES string of the molecule is Cc1nn(C)c(Cl)c1S(=O)(=O)NC1CCCCCC1. The Bertz CT molecular complexity index is 546. The monoisotopic (exact) mass is 305 g/mol. The minimum atomic E-state index is -3.58. The molecular formula is C12H20ClN3O2S. The van der Waals surface area contributed by atoms with Crippen molar-refractivity contribution in [2.24, 2.45) is 7.05 Å². The smallest absolute Gasteiger partial charge is 0.245 e. The van der Waals surface area contributed by atoms with Crippen LogP contribution >= 0.6 is 11.6 Å². The van der Waals surface area contributed by atoms with E-state index in [-0.39, 0.29) is 16.1 Å². The minimum absolute atomic E-state index is 0.0168. The van der Waals surface area contributed by atoms with Crippen LogP contribution in [-0.4, -0.2) is 24.2 Å². The molecule has 0 aromatic carbocycles. The highest BCUT2D eigenvalue weighted by Crippen LogP contribution is 2.26. The Morgan fingerprint density at radius 2 is 1.84 bits per heavy atom. The normalized spacial score (nSPS) is 18.5. The highest BCUT2D eigenvalue weighted by Gasteiger charge is 2.27. The third kappa shape index (κ3) is 3.30. The second kappa shape index (κ2) is 5.81. The largest absolute Gasteiger partial charge is 0.255 e. The molecule has 0 atom stereocenters. The second-order valence-corrected chi connectivity index (χ2v) is 7.15. The summed E-state index contributed by atoms with van der Waals surface area (Å²) in [6, 6.07) is 0.0168. The van der Waals surface area contributed by atoms with Crippen molar-refractivity contribution in [2.75, 3.05) is 0 Å². The molecule has 1 N–H and O–H groups in total. The lowest BCUT2D eigenvalue weighted by Gasteiger charge is -2.16. The second-order valence-electron chi connectivity index (χ2n) is 5.14. The Morgan fingerprint density at radius 1 is 1.26 bits per heavy atom. The highest BCUT2D eigenvalue weighted by molar-refractivity contribution is 7.89. The standard InChI is InChI=1S/C12H20ClN3O2S/c1-9-11(12(13)16(2)14-9)19(17,18)15-10-7-5-3-4-6-8-10/h10,15H,3-8H2,1-2H3. The van der Waals surface area contributed by atoms with Gasteiger partial charge in [-0.15, -0.1) is 0 Å². The summed E-state index contributed by atoms with van der Waals surface area (Å²) in [4.78, 5) is 0.112. The summed E-state index contributed by atoms with van der Waals surface area (Å²) < 4.78 is 29.0. The molecule has 1 fully saturated rings. The Kier molecular flexibility index (Phi) is 4.53. The number of nitrogens with one attached hydrogen (secondary N) is 1. The third-order valence-electron chi connectivity index (χ3n) is 3.55. The lowest BCUT2D eigenvalue weighted by atomic mass is 10.1. The number of aromatic nitrogens is 2. The van der Waals surface area contributed by atoms with Crippen molar-refractivity contribution < 1.29 is 8.42 Å². The van der Waals surface area contributed by atoms with Crippen molar-refractivity contribution in [3.63, 3.8) is 0 Å². The molecule has 0 amide bonds. The van der Waals surface area contributed by atoms with Crippen molar-refractivity contribution >= 4 is 21.6 Å².